The highest BCUT2D eigenvalue weighted by atomic mass is 16.1. The third-order valence-electron chi connectivity index (χ3n) is 4.70. The third kappa shape index (κ3) is 2.92. The second-order valence-electron chi connectivity index (χ2n) is 6.08. The van der Waals surface area contributed by atoms with Gasteiger partial charge in [-0.2, -0.15) is 0 Å². The summed E-state index contributed by atoms with van der Waals surface area (Å²) in [4.78, 5) is 11.2. The van der Waals surface area contributed by atoms with Gasteiger partial charge < -0.3 is 0 Å². The van der Waals surface area contributed by atoms with E-state index in [9.17, 15) is 4.79 Å². The largest absolute Gasteiger partial charge is 0.300 e. The first kappa shape index (κ1) is 15.5. The van der Waals surface area contributed by atoms with Crippen molar-refractivity contribution in [1.29, 1.82) is 0 Å². The smallest absolute Gasteiger partial charge is 0.134 e. The standard InChI is InChI=1S/C20H24O/c1-12(21)11-18-7-9-19(10-8-18)20-16(5)14(3)13(2)15(4)17(20)6/h7-10H,11H2,1-6H3. The molecular weight excluding hydrogens is 256 g/mol. The Bertz CT molecular complexity index is 662. The average molecular weight is 280 g/mol. The number of carbonyl (C=O) groups is 1. The van der Waals surface area contributed by atoms with Gasteiger partial charge in [0.25, 0.3) is 0 Å². The molecule has 1 nitrogen and oxygen atoms in total. The Labute approximate surface area is 128 Å². The molecule has 0 aliphatic carbocycles. The van der Waals surface area contributed by atoms with E-state index in [0.717, 1.165) is 5.56 Å². The highest BCUT2D eigenvalue weighted by Gasteiger charge is 2.13. The molecule has 0 aliphatic rings. The predicted molar refractivity (Wildman–Crippen MR) is 89.9 cm³/mol. The van der Waals surface area contributed by atoms with Crippen LogP contribution in [-0.4, -0.2) is 5.78 Å². The fourth-order valence-corrected chi connectivity index (χ4v) is 3.01. The average Bonchev–Trinajstić information content (AvgIpc) is 2.44. The Kier molecular flexibility index (Phi) is 4.32. The van der Waals surface area contributed by atoms with Gasteiger partial charge in [-0.25, -0.2) is 0 Å². The molecule has 0 heterocycles. The molecule has 0 N–H and O–H groups in total. The van der Waals surface area contributed by atoms with Crippen LogP contribution in [0.2, 0.25) is 0 Å². The number of hydrogen-bond donors (Lipinski definition) is 0. The van der Waals surface area contributed by atoms with Gasteiger partial charge in [0.1, 0.15) is 5.78 Å². The molecule has 0 bridgehead atoms. The molecule has 0 amide bonds. The molecule has 110 valence electrons. The Morgan fingerprint density at radius 3 is 1.62 bits per heavy atom. The molecule has 0 spiro atoms. The Morgan fingerprint density at radius 1 is 0.762 bits per heavy atom. The second-order valence-corrected chi connectivity index (χ2v) is 6.08. The van der Waals surface area contributed by atoms with Crippen LogP contribution in [0.15, 0.2) is 24.3 Å². The van der Waals surface area contributed by atoms with Crippen LogP contribution < -0.4 is 0 Å². The van der Waals surface area contributed by atoms with Crippen LogP contribution in [0.5, 0.6) is 0 Å². The summed E-state index contributed by atoms with van der Waals surface area (Å²) in [5.74, 6) is 0.206. The van der Waals surface area contributed by atoms with Crippen molar-refractivity contribution in [2.24, 2.45) is 0 Å². The van der Waals surface area contributed by atoms with Gasteiger partial charge in [0, 0.05) is 6.42 Å². The van der Waals surface area contributed by atoms with Crippen molar-refractivity contribution in [3.63, 3.8) is 0 Å². The molecule has 0 aromatic heterocycles. The fourth-order valence-electron chi connectivity index (χ4n) is 3.01. The van der Waals surface area contributed by atoms with E-state index in [1.165, 1.54) is 38.9 Å². The normalized spacial score (nSPS) is 10.8. The molecule has 0 unspecified atom stereocenters. The summed E-state index contributed by atoms with van der Waals surface area (Å²) in [7, 11) is 0. The first-order valence-corrected chi connectivity index (χ1v) is 7.48. The zero-order valence-electron chi connectivity index (χ0n) is 13.9. The van der Waals surface area contributed by atoms with E-state index in [4.69, 9.17) is 0 Å². The zero-order valence-corrected chi connectivity index (χ0v) is 13.9. The van der Waals surface area contributed by atoms with Crippen LogP contribution in [0.1, 0.15) is 40.3 Å². The highest BCUT2D eigenvalue weighted by molar-refractivity contribution is 5.79. The maximum absolute atomic E-state index is 11.2. The second kappa shape index (κ2) is 5.85. The van der Waals surface area contributed by atoms with Gasteiger partial charge >= 0.3 is 0 Å². The van der Waals surface area contributed by atoms with Crippen molar-refractivity contribution >= 4 is 5.78 Å². The van der Waals surface area contributed by atoms with E-state index in [1.807, 2.05) is 0 Å². The summed E-state index contributed by atoms with van der Waals surface area (Å²) < 4.78 is 0. The van der Waals surface area contributed by atoms with Crippen LogP contribution in [-0.2, 0) is 11.2 Å². The Hall–Kier alpha value is -1.89. The molecule has 0 aliphatic heterocycles. The van der Waals surface area contributed by atoms with Gasteiger partial charge in [0.15, 0.2) is 0 Å². The van der Waals surface area contributed by atoms with Crippen LogP contribution >= 0.6 is 0 Å². The summed E-state index contributed by atoms with van der Waals surface area (Å²) in [6.45, 7) is 12.6. The zero-order chi connectivity index (χ0) is 15.7. The van der Waals surface area contributed by atoms with Crippen molar-refractivity contribution in [2.45, 2.75) is 48.0 Å². The first-order valence-electron chi connectivity index (χ1n) is 7.48. The fraction of sp³-hybridized carbons (Fsp3) is 0.350. The Balaban J connectivity index is 2.54. The highest BCUT2D eigenvalue weighted by Crippen LogP contribution is 2.34. The van der Waals surface area contributed by atoms with Crippen LogP contribution in [0.25, 0.3) is 11.1 Å². The maximum Gasteiger partial charge on any atom is 0.134 e. The number of carbonyl (C=O) groups excluding carboxylic acids is 1. The van der Waals surface area contributed by atoms with E-state index >= 15 is 0 Å². The SMILES string of the molecule is CC(=O)Cc1ccc(-c2c(C)c(C)c(C)c(C)c2C)cc1. The lowest BCUT2D eigenvalue weighted by molar-refractivity contribution is -0.116. The topological polar surface area (TPSA) is 17.1 Å². The minimum atomic E-state index is 0.206. The molecule has 1 heteroatoms. The molecule has 0 atom stereocenters. The summed E-state index contributed by atoms with van der Waals surface area (Å²) in [5.41, 5.74) is 10.5. The minimum Gasteiger partial charge on any atom is -0.300 e. The number of hydrogen-bond acceptors (Lipinski definition) is 1. The lowest BCUT2D eigenvalue weighted by atomic mass is 9.86. The molecule has 0 radical (unpaired) electrons. The molecule has 0 saturated carbocycles. The molecule has 21 heavy (non-hydrogen) atoms. The van der Waals surface area contributed by atoms with Gasteiger partial charge in [-0.1, -0.05) is 24.3 Å². The van der Waals surface area contributed by atoms with Crippen LogP contribution in [0.4, 0.5) is 0 Å². The molecule has 2 aromatic carbocycles. The van der Waals surface area contributed by atoms with Gasteiger partial charge in [0.2, 0.25) is 0 Å². The summed E-state index contributed by atoms with van der Waals surface area (Å²) in [5, 5.41) is 0. The molecule has 2 rings (SSSR count). The molecule has 0 fully saturated rings. The monoisotopic (exact) mass is 280 g/mol. The lowest BCUT2D eigenvalue weighted by Gasteiger charge is -2.19. The number of benzene rings is 2. The number of rotatable bonds is 3. The molecule has 0 saturated heterocycles. The van der Waals surface area contributed by atoms with Crippen molar-refractivity contribution in [3.8, 4) is 11.1 Å². The van der Waals surface area contributed by atoms with Gasteiger partial charge in [-0.3, -0.25) is 4.79 Å². The van der Waals surface area contributed by atoms with Crippen molar-refractivity contribution in [2.75, 3.05) is 0 Å². The van der Waals surface area contributed by atoms with E-state index < -0.39 is 0 Å². The number of Topliss-reactive ketones (excluding diaryl/α,β-unsaturated/α-hetero) is 1. The van der Waals surface area contributed by atoms with Crippen molar-refractivity contribution in [1.82, 2.24) is 0 Å². The van der Waals surface area contributed by atoms with Crippen LogP contribution in [0, 0.1) is 34.6 Å². The summed E-state index contributed by atoms with van der Waals surface area (Å²) in [6, 6.07) is 8.42. The van der Waals surface area contributed by atoms with E-state index in [0.29, 0.717) is 6.42 Å². The minimum absolute atomic E-state index is 0.206. The quantitative estimate of drug-likeness (QED) is 0.771. The third-order valence-corrected chi connectivity index (χ3v) is 4.70. The molecular formula is C20H24O. The van der Waals surface area contributed by atoms with E-state index in [2.05, 4.69) is 58.9 Å². The first-order chi connectivity index (χ1) is 9.82. The van der Waals surface area contributed by atoms with Gasteiger partial charge in [-0.15, -0.1) is 0 Å². The number of ketones is 1. The summed E-state index contributed by atoms with van der Waals surface area (Å²) in [6.07, 6.45) is 0.518. The molecule has 2 aromatic rings. The van der Waals surface area contributed by atoms with Crippen LogP contribution in [0.3, 0.4) is 0 Å². The van der Waals surface area contributed by atoms with Crippen molar-refractivity contribution in [3.05, 3.63) is 57.6 Å². The van der Waals surface area contributed by atoms with Gasteiger partial charge in [-0.05, 0) is 86.1 Å². The predicted octanol–water partition coefficient (Wildman–Crippen LogP) is 5.03. The Morgan fingerprint density at radius 2 is 1.19 bits per heavy atom. The van der Waals surface area contributed by atoms with E-state index in [-0.39, 0.29) is 5.78 Å². The lowest BCUT2D eigenvalue weighted by Crippen LogP contribution is -2.00. The summed E-state index contributed by atoms with van der Waals surface area (Å²) >= 11 is 0. The maximum atomic E-state index is 11.2. The van der Waals surface area contributed by atoms with Crippen molar-refractivity contribution < 1.29 is 4.79 Å². The van der Waals surface area contributed by atoms with E-state index in [1.54, 1.807) is 6.92 Å². The van der Waals surface area contributed by atoms with Gasteiger partial charge in [0.05, 0.1) is 0 Å².